The molecule has 0 radical (unpaired) electrons. The Bertz CT molecular complexity index is 640. The molecule has 2 heterocycles. The van der Waals surface area contributed by atoms with E-state index in [4.69, 9.17) is 4.74 Å². The number of fused-ring (bicyclic) bond motifs is 3. The highest BCUT2D eigenvalue weighted by molar-refractivity contribution is 7.23. The molecular formula is C10H9N3OS. The molecule has 15 heavy (non-hydrogen) atoms. The molecule has 0 amide bonds. The lowest BCUT2D eigenvalue weighted by molar-refractivity contribution is 0.420. The fourth-order valence-corrected chi connectivity index (χ4v) is 2.74. The fraction of sp³-hybridized carbons (Fsp3) is 0.200. The van der Waals surface area contributed by atoms with E-state index in [1.54, 1.807) is 18.4 Å². The molecule has 0 unspecified atom stereocenters. The summed E-state index contributed by atoms with van der Waals surface area (Å²) in [6.07, 6.45) is 0. The first-order valence-electron chi connectivity index (χ1n) is 4.58. The molecule has 5 heteroatoms. The van der Waals surface area contributed by atoms with Crippen LogP contribution in [-0.4, -0.2) is 21.7 Å². The van der Waals surface area contributed by atoms with Crippen LogP contribution >= 0.6 is 11.3 Å². The van der Waals surface area contributed by atoms with E-state index < -0.39 is 0 Å². The van der Waals surface area contributed by atoms with Crippen LogP contribution in [0.2, 0.25) is 0 Å². The Morgan fingerprint density at radius 2 is 2.27 bits per heavy atom. The molecule has 4 nitrogen and oxygen atoms in total. The highest BCUT2D eigenvalue weighted by Gasteiger charge is 2.11. The van der Waals surface area contributed by atoms with Crippen molar-refractivity contribution in [1.29, 1.82) is 0 Å². The second kappa shape index (κ2) is 2.93. The first kappa shape index (κ1) is 8.67. The molecule has 0 bridgehead atoms. The van der Waals surface area contributed by atoms with Gasteiger partial charge in [-0.05, 0) is 19.1 Å². The number of nitrogens with zero attached hydrogens (tertiary/aromatic N) is 3. The quantitative estimate of drug-likeness (QED) is 0.630. The van der Waals surface area contributed by atoms with Gasteiger partial charge in [0, 0.05) is 0 Å². The number of hydrogen-bond acceptors (Lipinski definition) is 4. The molecule has 0 N–H and O–H groups in total. The van der Waals surface area contributed by atoms with Crippen molar-refractivity contribution in [2.75, 3.05) is 7.11 Å². The third kappa shape index (κ3) is 1.13. The summed E-state index contributed by atoms with van der Waals surface area (Å²) >= 11 is 1.60. The van der Waals surface area contributed by atoms with E-state index in [9.17, 15) is 0 Å². The van der Waals surface area contributed by atoms with Crippen LogP contribution in [0.25, 0.3) is 15.2 Å². The van der Waals surface area contributed by atoms with Crippen LogP contribution < -0.4 is 4.74 Å². The van der Waals surface area contributed by atoms with Crippen LogP contribution in [0.1, 0.15) is 5.82 Å². The number of thiazole rings is 1. The van der Waals surface area contributed by atoms with Crippen molar-refractivity contribution in [1.82, 2.24) is 14.6 Å². The van der Waals surface area contributed by atoms with Crippen molar-refractivity contribution in [3.05, 3.63) is 24.0 Å². The number of rotatable bonds is 1. The van der Waals surface area contributed by atoms with E-state index >= 15 is 0 Å². The average molecular weight is 219 g/mol. The van der Waals surface area contributed by atoms with Gasteiger partial charge in [0.25, 0.3) is 0 Å². The molecule has 3 rings (SSSR count). The summed E-state index contributed by atoms with van der Waals surface area (Å²) < 4.78 is 8.25. The molecular weight excluding hydrogens is 210 g/mol. The number of aryl methyl sites for hydroxylation is 1. The molecule has 3 aromatic rings. The Hall–Kier alpha value is -1.62. The zero-order chi connectivity index (χ0) is 10.4. The normalized spacial score (nSPS) is 11.3. The van der Waals surface area contributed by atoms with Crippen molar-refractivity contribution in [2.24, 2.45) is 0 Å². The molecule has 0 fully saturated rings. The molecule has 0 saturated carbocycles. The summed E-state index contributed by atoms with van der Waals surface area (Å²) in [5, 5.41) is 4.34. The van der Waals surface area contributed by atoms with E-state index in [1.807, 2.05) is 29.6 Å². The molecule has 0 aliphatic heterocycles. The Morgan fingerprint density at radius 1 is 1.40 bits per heavy atom. The molecule has 0 aliphatic rings. The third-order valence-electron chi connectivity index (χ3n) is 2.28. The van der Waals surface area contributed by atoms with Crippen LogP contribution in [0.3, 0.4) is 0 Å². The Kier molecular flexibility index (Phi) is 1.70. The third-order valence-corrected chi connectivity index (χ3v) is 3.34. The minimum Gasteiger partial charge on any atom is -0.495 e. The van der Waals surface area contributed by atoms with E-state index in [0.717, 1.165) is 26.8 Å². The second-order valence-electron chi connectivity index (χ2n) is 3.26. The van der Waals surface area contributed by atoms with Crippen molar-refractivity contribution in [3.8, 4) is 5.75 Å². The number of hydrogen-bond donors (Lipinski definition) is 0. The van der Waals surface area contributed by atoms with Crippen molar-refractivity contribution in [3.63, 3.8) is 0 Å². The zero-order valence-electron chi connectivity index (χ0n) is 8.39. The van der Waals surface area contributed by atoms with E-state index in [-0.39, 0.29) is 0 Å². The monoisotopic (exact) mass is 219 g/mol. The number of methoxy groups -OCH3 is 1. The van der Waals surface area contributed by atoms with Crippen molar-refractivity contribution < 1.29 is 4.74 Å². The summed E-state index contributed by atoms with van der Waals surface area (Å²) in [6, 6.07) is 5.94. The molecule has 2 aromatic heterocycles. The van der Waals surface area contributed by atoms with Gasteiger partial charge < -0.3 is 4.74 Å². The smallest absolute Gasteiger partial charge is 0.213 e. The van der Waals surface area contributed by atoms with Gasteiger partial charge in [-0.25, -0.2) is 9.50 Å². The second-order valence-corrected chi connectivity index (χ2v) is 4.24. The summed E-state index contributed by atoms with van der Waals surface area (Å²) in [5.41, 5.74) is 1.05. The van der Waals surface area contributed by atoms with Gasteiger partial charge >= 0.3 is 0 Å². The van der Waals surface area contributed by atoms with Gasteiger partial charge in [0.05, 0.1) is 17.3 Å². The maximum absolute atomic E-state index is 5.30. The summed E-state index contributed by atoms with van der Waals surface area (Å²) in [6.45, 7) is 1.89. The largest absolute Gasteiger partial charge is 0.495 e. The van der Waals surface area contributed by atoms with Crippen LogP contribution in [0, 0.1) is 6.92 Å². The SMILES string of the molecule is COc1cccc2c1sc1nc(C)nn12. The van der Waals surface area contributed by atoms with Crippen molar-refractivity contribution in [2.45, 2.75) is 6.92 Å². The van der Waals surface area contributed by atoms with Gasteiger partial charge in [-0.1, -0.05) is 17.4 Å². The first-order chi connectivity index (χ1) is 7.29. The van der Waals surface area contributed by atoms with Gasteiger partial charge in [0.1, 0.15) is 11.6 Å². The van der Waals surface area contributed by atoms with Crippen LogP contribution in [0.4, 0.5) is 0 Å². The Labute approximate surface area is 90.1 Å². The van der Waals surface area contributed by atoms with Gasteiger partial charge in [-0.2, -0.15) is 5.10 Å². The van der Waals surface area contributed by atoms with Gasteiger partial charge in [0.2, 0.25) is 4.96 Å². The lowest BCUT2D eigenvalue weighted by Crippen LogP contribution is -1.86. The predicted molar refractivity (Wildman–Crippen MR) is 59.7 cm³/mol. The molecule has 1 aromatic carbocycles. The van der Waals surface area contributed by atoms with Gasteiger partial charge in [-0.3, -0.25) is 0 Å². The fourth-order valence-electron chi connectivity index (χ4n) is 1.64. The number of ether oxygens (including phenoxy) is 1. The predicted octanol–water partition coefficient (Wildman–Crippen LogP) is 2.26. The number of aromatic nitrogens is 3. The molecule has 0 atom stereocenters. The highest BCUT2D eigenvalue weighted by Crippen LogP contribution is 2.32. The maximum atomic E-state index is 5.30. The standard InChI is InChI=1S/C10H9N3OS/c1-6-11-10-13(12-6)7-4-3-5-8(14-2)9(7)15-10/h3-5H,1-2H3. The number of benzene rings is 1. The van der Waals surface area contributed by atoms with Crippen molar-refractivity contribution >= 4 is 26.5 Å². The zero-order valence-corrected chi connectivity index (χ0v) is 9.21. The average Bonchev–Trinajstić information content (AvgIpc) is 2.73. The minimum atomic E-state index is 0.797. The molecule has 0 saturated heterocycles. The first-order valence-corrected chi connectivity index (χ1v) is 5.40. The van der Waals surface area contributed by atoms with Crippen LogP contribution in [-0.2, 0) is 0 Å². The lowest BCUT2D eigenvalue weighted by Gasteiger charge is -1.98. The molecule has 0 spiro atoms. The van der Waals surface area contributed by atoms with Crippen LogP contribution in [0.5, 0.6) is 5.75 Å². The minimum absolute atomic E-state index is 0.797. The lowest BCUT2D eigenvalue weighted by atomic mass is 10.3. The highest BCUT2D eigenvalue weighted by atomic mass is 32.1. The maximum Gasteiger partial charge on any atom is 0.213 e. The molecule has 76 valence electrons. The van der Waals surface area contributed by atoms with Crippen LogP contribution in [0.15, 0.2) is 18.2 Å². The van der Waals surface area contributed by atoms with E-state index in [2.05, 4.69) is 10.1 Å². The Morgan fingerprint density at radius 3 is 3.07 bits per heavy atom. The molecule has 0 aliphatic carbocycles. The van der Waals surface area contributed by atoms with Gasteiger partial charge in [0.15, 0.2) is 0 Å². The Balaban J connectivity index is 2.49. The van der Waals surface area contributed by atoms with Gasteiger partial charge in [-0.15, -0.1) is 0 Å². The topological polar surface area (TPSA) is 39.4 Å². The summed E-state index contributed by atoms with van der Waals surface area (Å²) in [7, 11) is 1.68. The van der Waals surface area contributed by atoms with E-state index in [1.165, 1.54) is 0 Å². The van der Waals surface area contributed by atoms with E-state index in [0.29, 0.717) is 0 Å². The summed E-state index contributed by atoms with van der Waals surface area (Å²) in [5.74, 6) is 1.67. The summed E-state index contributed by atoms with van der Waals surface area (Å²) in [4.78, 5) is 5.25.